The Morgan fingerprint density at radius 2 is 1.94 bits per heavy atom. The first-order chi connectivity index (χ1) is 15.0. The Hall–Kier alpha value is -2.48. The second kappa shape index (κ2) is 9.34. The van der Waals surface area contributed by atoms with Gasteiger partial charge >= 0.3 is 0 Å². The molecule has 1 aliphatic rings. The number of halogens is 2. The number of aliphatic hydroxyl groups excluding tert-OH is 1. The van der Waals surface area contributed by atoms with E-state index in [1.807, 2.05) is 12.1 Å². The summed E-state index contributed by atoms with van der Waals surface area (Å²) in [6.45, 7) is 6.03. The molecule has 2 N–H and O–H groups in total. The Bertz CT molecular complexity index is 1050. The average molecular weight is 430 g/mol. The molecule has 0 bridgehead atoms. The number of benzene rings is 2. The zero-order chi connectivity index (χ0) is 22.0. The van der Waals surface area contributed by atoms with Crippen LogP contribution in [0.1, 0.15) is 23.2 Å². The third-order valence-corrected chi connectivity index (χ3v) is 6.27. The van der Waals surface area contributed by atoms with Crippen molar-refractivity contribution in [1.82, 2.24) is 14.8 Å². The van der Waals surface area contributed by atoms with Gasteiger partial charge in [-0.1, -0.05) is 6.07 Å². The number of hydrogen-bond acceptors (Lipinski definition) is 4. The number of piperazine rings is 1. The number of nitrogens with one attached hydrogen (secondary N) is 1. The van der Waals surface area contributed by atoms with Crippen LogP contribution in [0.15, 0.2) is 36.4 Å². The number of fused-ring (bicyclic) bond motifs is 1. The van der Waals surface area contributed by atoms with Crippen molar-refractivity contribution in [3.63, 3.8) is 0 Å². The zero-order valence-electron chi connectivity index (χ0n) is 18.0. The van der Waals surface area contributed by atoms with E-state index in [0.717, 1.165) is 43.0 Å². The lowest BCUT2D eigenvalue weighted by molar-refractivity contribution is 0.0493. The summed E-state index contributed by atoms with van der Waals surface area (Å²) in [5.41, 5.74) is 4.24. The van der Waals surface area contributed by atoms with Crippen LogP contribution >= 0.6 is 0 Å². The summed E-state index contributed by atoms with van der Waals surface area (Å²) in [6, 6.07) is 10.3. The van der Waals surface area contributed by atoms with Crippen molar-refractivity contribution in [2.45, 2.75) is 32.5 Å². The van der Waals surface area contributed by atoms with Crippen molar-refractivity contribution < 1.29 is 18.6 Å². The van der Waals surface area contributed by atoms with Crippen molar-refractivity contribution in [2.75, 3.05) is 33.4 Å². The Balaban J connectivity index is 1.46. The van der Waals surface area contributed by atoms with Crippen LogP contribution in [0.3, 0.4) is 0 Å². The van der Waals surface area contributed by atoms with Crippen LogP contribution in [0.2, 0.25) is 0 Å². The highest BCUT2D eigenvalue weighted by molar-refractivity contribution is 5.85. The molecule has 5 nitrogen and oxygen atoms in total. The molecule has 2 heterocycles. The van der Waals surface area contributed by atoms with E-state index >= 15 is 0 Å². The van der Waals surface area contributed by atoms with Crippen molar-refractivity contribution in [2.24, 2.45) is 0 Å². The number of H-pyrrole nitrogens is 1. The fraction of sp³-hybridized carbons (Fsp3) is 0.417. The molecule has 0 unspecified atom stereocenters. The number of ether oxygens (including phenoxy) is 1. The molecule has 1 aliphatic heterocycles. The topological polar surface area (TPSA) is 51.7 Å². The van der Waals surface area contributed by atoms with Gasteiger partial charge in [-0.2, -0.15) is 0 Å². The van der Waals surface area contributed by atoms with Gasteiger partial charge < -0.3 is 14.8 Å². The van der Waals surface area contributed by atoms with Gasteiger partial charge in [-0.25, -0.2) is 8.78 Å². The lowest BCUT2D eigenvalue weighted by atomic mass is 10.1. The quantitative estimate of drug-likeness (QED) is 0.599. The fourth-order valence-corrected chi connectivity index (χ4v) is 4.47. The van der Waals surface area contributed by atoms with E-state index in [9.17, 15) is 13.9 Å². The molecule has 0 aliphatic carbocycles. The molecule has 31 heavy (non-hydrogen) atoms. The number of aliphatic hydroxyl groups is 1. The maximum absolute atomic E-state index is 13.6. The number of nitrogens with zero attached hydrogens (tertiary/aromatic N) is 2. The predicted octanol–water partition coefficient (Wildman–Crippen LogP) is 3.83. The van der Waals surface area contributed by atoms with Gasteiger partial charge in [-0.15, -0.1) is 0 Å². The molecular weight excluding hydrogens is 400 g/mol. The van der Waals surface area contributed by atoms with Crippen molar-refractivity contribution in [1.29, 1.82) is 0 Å². The van der Waals surface area contributed by atoms with Crippen LogP contribution in [0, 0.1) is 18.6 Å². The predicted molar refractivity (Wildman–Crippen MR) is 117 cm³/mol. The summed E-state index contributed by atoms with van der Waals surface area (Å²) < 4.78 is 32.2. The second-order valence-electron chi connectivity index (χ2n) is 8.26. The van der Waals surface area contributed by atoms with Gasteiger partial charge in [0, 0.05) is 62.0 Å². The minimum atomic E-state index is -0.827. The van der Waals surface area contributed by atoms with Gasteiger partial charge in [0.2, 0.25) is 0 Å². The molecule has 1 atom stereocenters. The lowest BCUT2D eigenvalue weighted by Crippen LogP contribution is -2.52. The maximum Gasteiger partial charge on any atom is 0.159 e. The first kappa shape index (κ1) is 21.7. The molecule has 1 fully saturated rings. The third kappa shape index (κ3) is 4.74. The summed E-state index contributed by atoms with van der Waals surface area (Å²) in [6.07, 6.45) is 0.642. The van der Waals surface area contributed by atoms with Gasteiger partial charge in [0.15, 0.2) is 11.6 Å². The highest BCUT2D eigenvalue weighted by atomic mass is 19.2. The molecule has 7 heteroatoms. The standard InChI is InChI=1S/C24H29F2N3O2/c1-16-20-12-19(31-2)4-6-23(20)27-24(16)15-28-8-9-29(18(14-28)7-10-30)13-17-3-5-21(25)22(26)11-17/h3-6,11-12,18,27,30H,7-10,13-15H2,1-2H3/t18-/m1/s1. The molecule has 2 aromatic carbocycles. The summed E-state index contributed by atoms with van der Waals surface area (Å²) >= 11 is 0. The van der Waals surface area contributed by atoms with Crippen LogP contribution in [0.25, 0.3) is 10.9 Å². The van der Waals surface area contributed by atoms with E-state index in [4.69, 9.17) is 4.74 Å². The van der Waals surface area contributed by atoms with Gasteiger partial charge in [0.05, 0.1) is 7.11 Å². The van der Waals surface area contributed by atoms with E-state index in [-0.39, 0.29) is 12.6 Å². The largest absolute Gasteiger partial charge is 0.497 e. The van der Waals surface area contributed by atoms with Crippen molar-refractivity contribution >= 4 is 10.9 Å². The second-order valence-corrected chi connectivity index (χ2v) is 8.26. The molecular formula is C24H29F2N3O2. The van der Waals surface area contributed by atoms with E-state index < -0.39 is 11.6 Å². The van der Waals surface area contributed by atoms with Crippen molar-refractivity contribution in [3.8, 4) is 5.75 Å². The van der Waals surface area contributed by atoms with E-state index in [1.165, 1.54) is 28.8 Å². The summed E-state index contributed by atoms with van der Waals surface area (Å²) in [5.74, 6) is -0.803. The number of methoxy groups -OCH3 is 1. The van der Waals surface area contributed by atoms with E-state index in [0.29, 0.717) is 13.0 Å². The molecule has 1 aromatic heterocycles. The zero-order valence-corrected chi connectivity index (χ0v) is 18.0. The van der Waals surface area contributed by atoms with Crippen LogP contribution in [-0.4, -0.2) is 59.3 Å². The average Bonchev–Trinajstić information content (AvgIpc) is 3.07. The molecule has 4 rings (SSSR count). The molecule has 1 saturated heterocycles. The number of rotatable bonds is 7. The first-order valence-electron chi connectivity index (χ1n) is 10.6. The highest BCUT2D eigenvalue weighted by Gasteiger charge is 2.27. The normalized spacial score (nSPS) is 18.0. The molecule has 3 aromatic rings. The molecule has 0 radical (unpaired) electrons. The third-order valence-electron chi connectivity index (χ3n) is 6.27. The van der Waals surface area contributed by atoms with Gasteiger partial charge in [0.1, 0.15) is 5.75 Å². The lowest BCUT2D eigenvalue weighted by Gasteiger charge is -2.41. The minimum absolute atomic E-state index is 0.0952. The molecule has 0 amide bonds. The number of hydrogen-bond donors (Lipinski definition) is 2. The number of aromatic amines is 1. The van der Waals surface area contributed by atoms with Crippen LogP contribution < -0.4 is 4.74 Å². The Labute approximate surface area is 181 Å². The summed E-state index contributed by atoms with van der Waals surface area (Å²) in [7, 11) is 1.67. The Kier molecular flexibility index (Phi) is 6.55. The monoisotopic (exact) mass is 429 g/mol. The van der Waals surface area contributed by atoms with Gasteiger partial charge in [-0.05, 0) is 54.8 Å². The summed E-state index contributed by atoms with van der Waals surface area (Å²) in [5, 5.41) is 10.7. The molecule has 166 valence electrons. The minimum Gasteiger partial charge on any atom is -0.497 e. The van der Waals surface area contributed by atoms with E-state index in [1.54, 1.807) is 13.2 Å². The smallest absolute Gasteiger partial charge is 0.159 e. The van der Waals surface area contributed by atoms with Crippen LogP contribution in [0.5, 0.6) is 5.75 Å². The SMILES string of the molecule is COc1ccc2[nH]c(CN3CCN(Cc4ccc(F)c(F)c4)[C@H](CCO)C3)c(C)c2c1. The van der Waals surface area contributed by atoms with Crippen LogP contribution in [-0.2, 0) is 13.1 Å². The Morgan fingerprint density at radius 1 is 1.10 bits per heavy atom. The molecule has 0 saturated carbocycles. The number of aromatic nitrogens is 1. The first-order valence-corrected chi connectivity index (χ1v) is 10.6. The maximum atomic E-state index is 13.6. The molecule has 0 spiro atoms. The van der Waals surface area contributed by atoms with Gasteiger partial charge in [0.25, 0.3) is 0 Å². The van der Waals surface area contributed by atoms with Gasteiger partial charge in [-0.3, -0.25) is 9.80 Å². The van der Waals surface area contributed by atoms with Crippen LogP contribution in [0.4, 0.5) is 8.78 Å². The van der Waals surface area contributed by atoms with E-state index in [2.05, 4.69) is 27.8 Å². The Morgan fingerprint density at radius 3 is 2.68 bits per heavy atom. The highest BCUT2D eigenvalue weighted by Crippen LogP contribution is 2.27. The fourth-order valence-electron chi connectivity index (χ4n) is 4.47. The summed E-state index contributed by atoms with van der Waals surface area (Å²) in [4.78, 5) is 8.17. The number of aryl methyl sites for hydroxylation is 1. The van der Waals surface area contributed by atoms with Crippen molar-refractivity contribution in [3.05, 3.63) is 64.9 Å².